The Kier molecular flexibility index (Phi) is 7.58. The third kappa shape index (κ3) is 6.66. The van der Waals surface area contributed by atoms with Crippen LogP contribution in [0.3, 0.4) is 0 Å². The summed E-state index contributed by atoms with van der Waals surface area (Å²) in [5.74, 6) is 1.57. The normalized spacial score (nSPS) is 16.0. The van der Waals surface area contributed by atoms with Crippen molar-refractivity contribution in [1.82, 2.24) is 0 Å². The van der Waals surface area contributed by atoms with Gasteiger partial charge in [0.2, 0.25) is 0 Å². The highest BCUT2D eigenvalue weighted by molar-refractivity contribution is 4.57. The molecule has 0 bridgehead atoms. The molecule has 1 N–H and O–H groups in total. The van der Waals surface area contributed by atoms with Crippen LogP contribution >= 0.6 is 0 Å². The first kappa shape index (κ1) is 12.0. The first-order chi connectivity index (χ1) is 5.70. The second-order valence-corrected chi connectivity index (χ2v) is 4.09. The van der Waals surface area contributed by atoms with Crippen LogP contribution in [0.5, 0.6) is 0 Å². The molecule has 1 nitrogen and oxygen atoms in total. The zero-order valence-corrected chi connectivity index (χ0v) is 8.84. The monoisotopic (exact) mass is 172 g/mol. The molecule has 0 aromatic heterocycles. The van der Waals surface area contributed by atoms with Crippen LogP contribution in [-0.2, 0) is 0 Å². The summed E-state index contributed by atoms with van der Waals surface area (Å²) in [6, 6.07) is 0. The maximum Gasteiger partial charge on any atom is 0.0433 e. The van der Waals surface area contributed by atoms with Gasteiger partial charge in [0, 0.05) is 6.61 Å². The molecule has 0 aliphatic rings. The Balaban J connectivity index is 3.27. The van der Waals surface area contributed by atoms with E-state index in [4.69, 9.17) is 5.11 Å². The van der Waals surface area contributed by atoms with E-state index in [1.54, 1.807) is 0 Å². The molecular weight excluding hydrogens is 148 g/mol. The van der Waals surface area contributed by atoms with E-state index in [0.29, 0.717) is 12.5 Å². The molecule has 1 heteroatoms. The van der Waals surface area contributed by atoms with Crippen LogP contribution in [0.25, 0.3) is 0 Å². The first-order valence-corrected chi connectivity index (χ1v) is 5.31. The molecule has 2 unspecified atom stereocenters. The minimum Gasteiger partial charge on any atom is -0.396 e. The van der Waals surface area contributed by atoms with Gasteiger partial charge in [-0.1, -0.05) is 46.5 Å². The molecule has 0 aliphatic heterocycles. The molecule has 0 saturated carbocycles. The van der Waals surface area contributed by atoms with Crippen molar-refractivity contribution in [3.05, 3.63) is 0 Å². The summed E-state index contributed by atoms with van der Waals surface area (Å²) in [7, 11) is 0. The predicted molar refractivity (Wildman–Crippen MR) is 54.2 cm³/mol. The Morgan fingerprint density at radius 3 is 1.83 bits per heavy atom. The fourth-order valence-corrected chi connectivity index (χ4v) is 1.57. The van der Waals surface area contributed by atoms with Gasteiger partial charge in [-0.05, 0) is 18.3 Å². The van der Waals surface area contributed by atoms with Gasteiger partial charge in [0.15, 0.2) is 0 Å². The molecule has 0 spiro atoms. The van der Waals surface area contributed by atoms with E-state index in [1.807, 2.05) is 0 Å². The van der Waals surface area contributed by atoms with Crippen LogP contribution in [0.1, 0.15) is 52.9 Å². The molecule has 0 aliphatic carbocycles. The molecule has 0 aromatic rings. The van der Waals surface area contributed by atoms with Crippen LogP contribution in [-0.4, -0.2) is 11.7 Å². The summed E-state index contributed by atoms with van der Waals surface area (Å²) < 4.78 is 0. The van der Waals surface area contributed by atoms with Crippen molar-refractivity contribution in [1.29, 1.82) is 0 Å². The Labute approximate surface area is 77.2 Å². The molecule has 0 fully saturated rings. The average Bonchev–Trinajstić information content (AvgIpc) is 2.02. The molecule has 0 radical (unpaired) electrons. The number of hydrogen-bond donors (Lipinski definition) is 1. The third-order valence-electron chi connectivity index (χ3n) is 2.56. The Morgan fingerprint density at radius 1 is 0.917 bits per heavy atom. The van der Waals surface area contributed by atoms with Gasteiger partial charge in [-0.2, -0.15) is 0 Å². The van der Waals surface area contributed by atoms with E-state index < -0.39 is 0 Å². The van der Waals surface area contributed by atoms with Crippen molar-refractivity contribution in [2.75, 3.05) is 6.61 Å². The minimum absolute atomic E-state index is 0.351. The number of aliphatic hydroxyl groups is 1. The lowest BCUT2D eigenvalue weighted by Gasteiger charge is -2.13. The van der Waals surface area contributed by atoms with Gasteiger partial charge in [-0.3, -0.25) is 0 Å². The summed E-state index contributed by atoms with van der Waals surface area (Å²) in [5.41, 5.74) is 0. The standard InChI is InChI=1S/C11H24O/c1-4-5-10(2)6-7-11(3)8-9-12/h10-12H,4-9H2,1-3H3. The maximum absolute atomic E-state index is 8.71. The van der Waals surface area contributed by atoms with Gasteiger partial charge in [0.05, 0.1) is 0 Å². The zero-order valence-electron chi connectivity index (χ0n) is 8.84. The van der Waals surface area contributed by atoms with Crippen LogP contribution in [0, 0.1) is 11.8 Å². The molecule has 2 atom stereocenters. The average molecular weight is 172 g/mol. The molecule has 0 amide bonds. The quantitative estimate of drug-likeness (QED) is 0.625. The summed E-state index contributed by atoms with van der Waals surface area (Å²) in [4.78, 5) is 0. The largest absolute Gasteiger partial charge is 0.396 e. The first-order valence-electron chi connectivity index (χ1n) is 5.31. The number of aliphatic hydroxyl groups excluding tert-OH is 1. The molecule has 0 heterocycles. The molecule has 0 saturated heterocycles. The highest BCUT2D eigenvalue weighted by atomic mass is 16.2. The minimum atomic E-state index is 0.351. The van der Waals surface area contributed by atoms with Crippen molar-refractivity contribution >= 4 is 0 Å². The van der Waals surface area contributed by atoms with Crippen molar-refractivity contribution in [3.63, 3.8) is 0 Å². The van der Waals surface area contributed by atoms with Gasteiger partial charge in [0.1, 0.15) is 0 Å². The number of hydrogen-bond acceptors (Lipinski definition) is 1. The Bertz CT molecular complexity index is 79.0. The van der Waals surface area contributed by atoms with E-state index in [0.717, 1.165) is 12.3 Å². The fraction of sp³-hybridized carbons (Fsp3) is 1.00. The van der Waals surface area contributed by atoms with Crippen molar-refractivity contribution in [3.8, 4) is 0 Å². The summed E-state index contributed by atoms with van der Waals surface area (Å²) in [6.07, 6.45) is 6.23. The highest BCUT2D eigenvalue weighted by Gasteiger charge is 2.05. The van der Waals surface area contributed by atoms with Crippen LogP contribution in [0.2, 0.25) is 0 Å². The lowest BCUT2D eigenvalue weighted by Crippen LogP contribution is -2.02. The maximum atomic E-state index is 8.71. The molecule has 0 rings (SSSR count). The van der Waals surface area contributed by atoms with Gasteiger partial charge in [-0.25, -0.2) is 0 Å². The second kappa shape index (κ2) is 7.60. The van der Waals surface area contributed by atoms with Crippen LogP contribution in [0.15, 0.2) is 0 Å². The van der Waals surface area contributed by atoms with Crippen molar-refractivity contribution < 1.29 is 5.11 Å². The molecular formula is C11H24O. The van der Waals surface area contributed by atoms with Gasteiger partial charge < -0.3 is 5.11 Å². The Hall–Kier alpha value is -0.0400. The van der Waals surface area contributed by atoms with E-state index in [-0.39, 0.29) is 0 Å². The summed E-state index contributed by atoms with van der Waals surface area (Å²) >= 11 is 0. The van der Waals surface area contributed by atoms with E-state index in [1.165, 1.54) is 25.7 Å². The lowest BCUT2D eigenvalue weighted by atomic mass is 9.93. The van der Waals surface area contributed by atoms with E-state index >= 15 is 0 Å². The van der Waals surface area contributed by atoms with Gasteiger partial charge in [0.25, 0.3) is 0 Å². The van der Waals surface area contributed by atoms with Crippen molar-refractivity contribution in [2.24, 2.45) is 11.8 Å². The SMILES string of the molecule is CCCC(C)CCC(C)CCO. The zero-order chi connectivity index (χ0) is 9.40. The smallest absolute Gasteiger partial charge is 0.0433 e. The van der Waals surface area contributed by atoms with Crippen molar-refractivity contribution in [2.45, 2.75) is 52.9 Å². The van der Waals surface area contributed by atoms with Gasteiger partial charge >= 0.3 is 0 Å². The van der Waals surface area contributed by atoms with Crippen LogP contribution < -0.4 is 0 Å². The van der Waals surface area contributed by atoms with Gasteiger partial charge in [-0.15, -0.1) is 0 Å². The topological polar surface area (TPSA) is 20.2 Å². The molecule has 0 aromatic carbocycles. The molecule has 12 heavy (non-hydrogen) atoms. The summed E-state index contributed by atoms with van der Waals surface area (Å²) in [6.45, 7) is 7.15. The Morgan fingerprint density at radius 2 is 1.42 bits per heavy atom. The van der Waals surface area contributed by atoms with E-state index in [2.05, 4.69) is 20.8 Å². The summed E-state index contributed by atoms with van der Waals surface area (Å²) in [5, 5.41) is 8.71. The highest BCUT2D eigenvalue weighted by Crippen LogP contribution is 2.17. The van der Waals surface area contributed by atoms with E-state index in [9.17, 15) is 0 Å². The predicted octanol–water partition coefficient (Wildman–Crippen LogP) is 3.22. The third-order valence-corrected chi connectivity index (χ3v) is 2.56. The van der Waals surface area contributed by atoms with Crippen LogP contribution in [0.4, 0.5) is 0 Å². The molecule has 74 valence electrons. The number of rotatable bonds is 7. The lowest BCUT2D eigenvalue weighted by molar-refractivity contribution is 0.252. The second-order valence-electron chi connectivity index (χ2n) is 4.09. The fourth-order valence-electron chi connectivity index (χ4n) is 1.57.